The van der Waals surface area contributed by atoms with Gasteiger partial charge < -0.3 is 14.0 Å². The first kappa shape index (κ1) is 22.0. The van der Waals surface area contributed by atoms with Gasteiger partial charge in [-0.2, -0.15) is 5.10 Å². The molecule has 0 radical (unpaired) electrons. The van der Waals surface area contributed by atoms with E-state index in [1.807, 2.05) is 49.5 Å². The summed E-state index contributed by atoms with van der Waals surface area (Å²) in [4.78, 5) is 17.8. The number of hydrazone groups is 1. The van der Waals surface area contributed by atoms with Crippen LogP contribution in [-0.4, -0.2) is 40.4 Å². The fraction of sp³-hybridized carbons (Fsp3) is 0.192. The summed E-state index contributed by atoms with van der Waals surface area (Å²) in [6.07, 6.45) is 4.13. The first-order valence-electron chi connectivity index (χ1n) is 10.8. The third kappa shape index (κ3) is 3.88. The number of halogens is 1. The average Bonchev–Trinajstić information content (AvgIpc) is 3.45. The number of methoxy groups -OCH3 is 2. The fourth-order valence-electron chi connectivity index (χ4n) is 4.31. The van der Waals surface area contributed by atoms with Crippen LogP contribution in [0.1, 0.15) is 33.9 Å². The van der Waals surface area contributed by atoms with Crippen molar-refractivity contribution in [3.63, 3.8) is 0 Å². The van der Waals surface area contributed by atoms with Crippen molar-refractivity contribution < 1.29 is 14.3 Å². The molecule has 1 atom stereocenters. The van der Waals surface area contributed by atoms with E-state index in [4.69, 9.17) is 26.2 Å². The smallest absolute Gasteiger partial charge is 0.276 e. The summed E-state index contributed by atoms with van der Waals surface area (Å²) in [5, 5.41) is 8.01. The van der Waals surface area contributed by atoms with Crippen LogP contribution in [-0.2, 0) is 7.05 Å². The van der Waals surface area contributed by atoms with Gasteiger partial charge in [0.15, 0.2) is 0 Å². The highest BCUT2D eigenvalue weighted by molar-refractivity contribution is 6.30. The lowest BCUT2D eigenvalue weighted by Gasteiger charge is -2.21. The lowest BCUT2D eigenvalue weighted by Crippen LogP contribution is -2.27. The van der Waals surface area contributed by atoms with E-state index in [-0.39, 0.29) is 11.9 Å². The van der Waals surface area contributed by atoms with Crippen LogP contribution in [0.4, 0.5) is 0 Å². The lowest BCUT2D eigenvalue weighted by molar-refractivity contribution is 0.0711. The number of hydrogen-bond donors (Lipinski definition) is 0. The number of fused-ring (bicyclic) bond motifs is 1. The molecule has 4 aromatic rings. The monoisotopic (exact) mass is 474 g/mol. The van der Waals surface area contributed by atoms with Gasteiger partial charge in [-0.15, -0.1) is 0 Å². The predicted octanol–water partition coefficient (Wildman–Crippen LogP) is 5.24. The van der Waals surface area contributed by atoms with Crippen molar-refractivity contribution in [3.05, 3.63) is 88.7 Å². The van der Waals surface area contributed by atoms with Crippen LogP contribution in [0.3, 0.4) is 0 Å². The number of carbonyl (C=O) groups is 1. The molecular weight excluding hydrogens is 452 g/mol. The van der Waals surface area contributed by atoms with Crippen molar-refractivity contribution in [2.75, 3.05) is 14.2 Å². The zero-order valence-corrected chi connectivity index (χ0v) is 19.8. The van der Waals surface area contributed by atoms with Crippen LogP contribution in [0.25, 0.3) is 10.9 Å². The highest BCUT2D eigenvalue weighted by Gasteiger charge is 2.35. The zero-order valence-electron chi connectivity index (χ0n) is 19.0. The quantitative estimate of drug-likeness (QED) is 0.397. The lowest BCUT2D eigenvalue weighted by atomic mass is 9.97. The molecule has 0 spiro atoms. The minimum Gasteiger partial charge on any atom is -0.497 e. The topological polar surface area (TPSA) is 68.9 Å². The van der Waals surface area contributed by atoms with Gasteiger partial charge in [-0.25, -0.2) is 9.99 Å². The number of rotatable bonds is 5. The summed E-state index contributed by atoms with van der Waals surface area (Å²) in [6, 6.07) is 16.5. The largest absolute Gasteiger partial charge is 0.497 e. The molecule has 3 heterocycles. The molecule has 0 N–H and O–H groups in total. The van der Waals surface area contributed by atoms with Crippen molar-refractivity contribution in [1.29, 1.82) is 0 Å². The summed E-state index contributed by atoms with van der Waals surface area (Å²) < 4.78 is 12.7. The standard InChI is InChI=1S/C26H23ClN4O3/c1-30-15-21(20-12-19(33-2)9-10-23(20)30)24-13-22(16-4-7-18(27)8-5-16)29-31(24)26(32)17-6-11-25(34-3)28-14-17/h4-12,14-15,24H,13H2,1-3H3. The number of benzene rings is 2. The number of hydrogen-bond acceptors (Lipinski definition) is 5. The molecule has 5 rings (SSSR count). The Morgan fingerprint density at radius 1 is 1.06 bits per heavy atom. The van der Waals surface area contributed by atoms with Crippen LogP contribution in [0.5, 0.6) is 11.6 Å². The van der Waals surface area contributed by atoms with Crippen molar-refractivity contribution in [2.24, 2.45) is 12.1 Å². The van der Waals surface area contributed by atoms with E-state index in [1.165, 1.54) is 13.3 Å². The molecule has 1 aliphatic heterocycles. The average molecular weight is 475 g/mol. The maximum atomic E-state index is 13.6. The second kappa shape index (κ2) is 8.83. The van der Waals surface area contributed by atoms with E-state index in [1.54, 1.807) is 24.3 Å². The Morgan fingerprint density at radius 3 is 2.53 bits per heavy atom. The van der Waals surface area contributed by atoms with Gasteiger partial charge in [0.1, 0.15) is 5.75 Å². The van der Waals surface area contributed by atoms with Crippen LogP contribution >= 0.6 is 11.6 Å². The molecule has 2 aromatic carbocycles. The summed E-state index contributed by atoms with van der Waals surface area (Å²) in [6.45, 7) is 0. The van der Waals surface area contributed by atoms with E-state index in [2.05, 4.69) is 15.7 Å². The molecule has 172 valence electrons. The second-order valence-corrected chi connectivity index (χ2v) is 8.53. The Labute approximate surface area is 202 Å². The van der Waals surface area contributed by atoms with Gasteiger partial charge in [0.05, 0.1) is 31.5 Å². The maximum Gasteiger partial charge on any atom is 0.276 e. The normalized spacial score (nSPS) is 15.5. The van der Waals surface area contributed by atoms with Crippen LogP contribution in [0.15, 0.2) is 72.1 Å². The van der Waals surface area contributed by atoms with E-state index >= 15 is 0 Å². The summed E-state index contributed by atoms with van der Waals surface area (Å²) >= 11 is 6.09. The number of nitrogens with zero attached hydrogens (tertiary/aromatic N) is 4. The first-order valence-corrected chi connectivity index (χ1v) is 11.2. The highest BCUT2D eigenvalue weighted by atomic mass is 35.5. The van der Waals surface area contributed by atoms with Gasteiger partial charge in [0.2, 0.25) is 5.88 Å². The first-order chi connectivity index (χ1) is 16.5. The second-order valence-electron chi connectivity index (χ2n) is 8.09. The Bertz CT molecular complexity index is 1390. The molecule has 7 nitrogen and oxygen atoms in total. The third-order valence-electron chi connectivity index (χ3n) is 6.07. The SMILES string of the molecule is COc1ccc2c(c1)c(C1CC(c3ccc(Cl)cc3)=NN1C(=O)c1ccc(OC)nc1)cn2C. The molecule has 2 aromatic heterocycles. The minimum atomic E-state index is -0.295. The molecule has 1 amide bonds. The van der Waals surface area contributed by atoms with Crippen LogP contribution in [0.2, 0.25) is 5.02 Å². The maximum absolute atomic E-state index is 13.6. The van der Waals surface area contributed by atoms with Gasteiger partial charge in [0, 0.05) is 53.4 Å². The fourth-order valence-corrected chi connectivity index (χ4v) is 4.44. The third-order valence-corrected chi connectivity index (χ3v) is 6.33. The summed E-state index contributed by atoms with van der Waals surface area (Å²) in [5.41, 5.74) is 4.23. The molecular formula is C26H23ClN4O3. The summed E-state index contributed by atoms with van der Waals surface area (Å²) in [7, 11) is 5.18. The predicted molar refractivity (Wildman–Crippen MR) is 132 cm³/mol. The molecule has 1 unspecified atom stereocenters. The van der Waals surface area contributed by atoms with Crippen molar-refractivity contribution in [2.45, 2.75) is 12.5 Å². The van der Waals surface area contributed by atoms with Crippen molar-refractivity contribution >= 4 is 34.1 Å². The van der Waals surface area contributed by atoms with Crippen molar-refractivity contribution in [1.82, 2.24) is 14.6 Å². The Hall–Kier alpha value is -3.84. The van der Waals surface area contributed by atoms with E-state index in [9.17, 15) is 4.79 Å². The Balaban J connectivity index is 1.60. The zero-order chi connectivity index (χ0) is 23.8. The van der Waals surface area contributed by atoms with Gasteiger partial charge in [-0.3, -0.25) is 4.79 Å². The molecule has 8 heteroatoms. The molecule has 0 saturated heterocycles. The van der Waals surface area contributed by atoms with Gasteiger partial charge >= 0.3 is 0 Å². The van der Waals surface area contributed by atoms with Crippen LogP contribution < -0.4 is 9.47 Å². The molecule has 0 fully saturated rings. The van der Waals surface area contributed by atoms with Gasteiger partial charge in [-0.05, 0) is 42.0 Å². The highest BCUT2D eigenvalue weighted by Crippen LogP contribution is 2.39. The van der Waals surface area contributed by atoms with Crippen LogP contribution in [0, 0.1) is 0 Å². The minimum absolute atomic E-state index is 0.232. The number of carbonyl (C=O) groups excluding carboxylic acids is 1. The van der Waals surface area contributed by atoms with Crippen molar-refractivity contribution in [3.8, 4) is 11.6 Å². The molecule has 0 saturated carbocycles. The number of aryl methyl sites for hydroxylation is 1. The van der Waals surface area contributed by atoms with E-state index in [0.717, 1.165) is 33.5 Å². The molecule has 34 heavy (non-hydrogen) atoms. The van der Waals surface area contributed by atoms with Gasteiger partial charge in [-0.1, -0.05) is 23.7 Å². The summed E-state index contributed by atoms with van der Waals surface area (Å²) in [5.74, 6) is 0.971. The van der Waals surface area contributed by atoms with E-state index < -0.39 is 0 Å². The molecule has 1 aliphatic rings. The number of amides is 1. The molecule has 0 bridgehead atoms. The number of ether oxygens (including phenoxy) is 2. The molecule has 0 aliphatic carbocycles. The Kier molecular flexibility index (Phi) is 5.71. The Morgan fingerprint density at radius 2 is 1.85 bits per heavy atom. The number of pyridine rings is 1. The van der Waals surface area contributed by atoms with E-state index in [0.29, 0.717) is 22.9 Å². The van der Waals surface area contributed by atoms with Gasteiger partial charge in [0.25, 0.3) is 5.91 Å². The number of aromatic nitrogens is 2.